The van der Waals surface area contributed by atoms with Crippen LogP contribution in [0.1, 0.15) is 17.3 Å². The normalized spacial score (nSPS) is 11.9. The molecule has 23 heavy (non-hydrogen) atoms. The number of rotatable bonds is 3. The topological polar surface area (TPSA) is 43.6 Å². The molecule has 0 aliphatic carbocycles. The summed E-state index contributed by atoms with van der Waals surface area (Å²) in [5.74, 6) is 0.439. The predicted molar refractivity (Wildman–Crippen MR) is 93.4 cm³/mol. The minimum atomic E-state index is -0.271. The molecule has 0 spiro atoms. The van der Waals surface area contributed by atoms with E-state index in [-0.39, 0.29) is 5.91 Å². The number of aryl methyl sites for hydroxylation is 1. The van der Waals surface area contributed by atoms with Gasteiger partial charge in [0.05, 0.1) is 17.3 Å². The molecule has 0 saturated heterocycles. The van der Waals surface area contributed by atoms with Gasteiger partial charge < -0.3 is 9.30 Å². The van der Waals surface area contributed by atoms with Crippen molar-refractivity contribution in [3.05, 3.63) is 57.9 Å². The zero-order valence-electron chi connectivity index (χ0n) is 12.7. The molecule has 0 unspecified atom stereocenters. The van der Waals surface area contributed by atoms with Gasteiger partial charge in [-0.25, -0.2) is 0 Å². The van der Waals surface area contributed by atoms with Crippen molar-refractivity contribution in [3.63, 3.8) is 0 Å². The third-order valence-corrected chi connectivity index (χ3v) is 4.77. The van der Waals surface area contributed by atoms with E-state index < -0.39 is 0 Å². The van der Waals surface area contributed by atoms with Crippen molar-refractivity contribution in [2.75, 3.05) is 7.11 Å². The Labute approximate surface area is 142 Å². The largest absolute Gasteiger partial charge is 0.497 e. The number of hydrogen-bond donors (Lipinski definition) is 0. The summed E-state index contributed by atoms with van der Waals surface area (Å²) in [6.45, 7) is 2.76. The number of benzene rings is 2. The maximum absolute atomic E-state index is 12.4. The SMILES string of the molecule is CCn1c(=NC(=O)c2ccc(OC)cc2)sc2cc(Cl)ccc21. The Morgan fingerprint density at radius 2 is 2.00 bits per heavy atom. The minimum absolute atomic E-state index is 0.271. The number of nitrogens with zero attached hydrogens (tertiary/aromatic N) is 2. The Balaban J connectivity index is 2.07. The number of carbonyl (C=O) groups excluding carboxylic acids is 1. The predicted octanol–water partition coefficient (Wildman–Crippen LogP) is 4.13. The van der Waals surface area contributed by atoms with Gasteiger partial charge in [-0.1, -0.05) is 22.9 Å². The summed E-state index contributed by atoms with van der Waals surface area (Å²) < 4.78 is 8.12. The third-order valence-electron chi connectivity index (χ3n) is 3.50. The Morgan fingerprint density at radius 3 is 2.65 bits per heavy atom. The second kappa shape index (κ2) is 6.56. The highest BCUT2D eigenvalue weighted by Gasteiger charge is 2.09. The van der Waals surface area contributed by atoms with Crippen molar-refractivity contribution in [2.45, 2.75) is 13.5 Å². The summed E-state index contributed by atoms with van der Waals surface area (Å²) in [6.07, 6.45) is 0. The van der Waals surface area contributed by atoms with E-state index in [1.807, 2.05) is 29.7 Å². The number of aromatic nitrogens is 1. The number of hydrogen-bond acceptors (Lipinski definition) is 3. The van der Waals surface area contributed by atoms with Crippen LogP contribution in [0.2, 0.25) is 5.02 Å². The van der Waals surface area contributed by atoms with Crippen molar-refractivity contribution in [1.82, 2.24) is 4.57 Å². The number of fused-ring (bicyclic) bond motifs is 1. The number of thiazole rings is 1. The molecule has 0 saturated carbocycles. The Bertz CT molecular complexity index is 926. The van der Waals surface area contributed by atoms with Crippen LogP contribution in [0.3, 0.4) is 0 Å². The molecule has 4 nitrogen and oxygen atoms in total. The van der Waals surface area contributed by atoms with E-state index in [1.165, 1.54) is 11.3 Å². The van der Waals surface area contributed by atoms with Gasteiger partial charge in [0, 0.05) is 17.1 Å². The quantitative estimate of drug-likeness (QED) is 0.715. The number of amides is 1. The number of ether oxygens (including phenoxy) is 1. The smallest absolute Gasteiger partial charge is 0.279 e. The maximum Gasteiger partial charge on any atom is 0.279 e. The first-order valence-corrected chi connectivity index (χ1v) is 8.34. The fourth-order valence-corrected chi connectivity index (χ4v) is 3.69. The van der Waals surface area contributed by atoms with Crippen LogP contribution >= 0.6 is 22.9 Å². The van der Waals surface area contributed by atoms with E-state index >= 15 is 0 Å². The Morgan fingerprint density at radius 1 is 1.26 bits per heavy atom. The first kappa shape index (κ1) is 15.8. The zero-order valence-corrected chi connectivity index (χ0v) is 14.3. The molecule has 0 aliphatic rings. The van der Waals surface area contributed by atoms with Gasteiger partial charge in [0.1, 0.15) is 5.75 Å². The molecule has 0 fully saturated rings. The van der Waals surface area contributed by atoms with Gasteiger partial charge in [0.2, 0.25) is 0 Å². The second-order valence-electron chi connectivity index (χ2n) is 4.89. The van der Waals surface area contributed by atoms with Crippen LogP contribution in [-0.4, -0.2) is 17.6 Å². The number of halogens is 1. The third kappa shape index (κ3) is 3.16. The summed E-state index contributed by atoms with van der Waals surface area (Å²) in [5, 5.41) is 0.676. The van der Waals surface area contributed by atoms with Crippen molar-refractivity contribution in [1.29, 1.82) is 0 Å². The lowest BCUT2D eigenvalue weighted by Gasteiger charge is -2.01. The average molecular weight is 347 g/mol. The lowest BCUT2D eigenvalue weighted by Crippen LogP contribution is -2.15. The van der Waals surface area contributed by atoms with E-state index in [2.05, 4.69) is 4.99 Å². The lowest BCUT2D eigenvalue weighted by atomic mass is 10.2. The molecule has 1 aromatic heterocycles. The monoisotopic (exact) mass is 346 g/mol. The fourth-order valence-electron chi connectivity index (χ4n) is 2.32. The van der Waals surface area contributed by atoms with Gasteiger partial charge in [-0.3, -0.25) is 4.79 Å². The van der Waals surface area contributed by atoms with Gasteiger partial charge in [-0.15, -0.1) is 0 Å². The van der Waals surface area contributed by atoms with Crippen LogP contribution in [0.4, 0.5) is 0 Å². The first-order chi connectivity index (χ1) is 11.1. The average Bonchev–Trinajstić information content (AvgIpc) is 2.90. The van der Waals surface area contributed by atoms with Crippen LogP contribution in [0.15, 0.2) is 47.5 Å². The first-order valence-electron chi connectivity index (χ1n) is 7.14. The van der Waals surface area contributed by atoms with Gasteiger partial charge in [-0.2, -0.15) is 4.99 Å². The molecule has 3 rings (SSSR count). The fraction of sp³-hybridized carbons (Fsp3) is 0.176. The molecule has 0 atom stereocenters. The van der Waals surface area contributed by atoms with E-state index in [9.17, 15) is 4.79 Å². The highest BCUT2D eigenvalue weighted by Crippen LogP contribution is 2.22. The van der Waals surface area contributed by atoms with Crippen LogP contribution in [0, 0.1) is 0 Å². The summed E-state index contributed by atoms with van der Waals surface area (Å²) in [6, 6.07) is 12.6. The van der Waals surface area contributed by atoms with Crippen molar-refractivity contribution >= 4 is 39.1 Å². The van der Waals surface area contributed by atoms with Crippen LogP contribution in [0.25, 0.3) is 10.2 Å². The summed E-state index contributed by atoms with van der Waals surface area (Å²) in [7, 11) is 1.59. The van der Waals surface area contributed by atoms with Gasteiger partial charge in [0.25, 0.3) is 5.91 Å². The van der Waals surface area contributed by atoms with Gasteiger partial charge in [0.15, 0.2) is 4.80 Å². The number of methoxy groups -OCH3 is 1. The van der Waals surface area contributed by atoms with Crippen molar-refractivity contribution in [3.8, 4) is 5.75 Å². The number of carbonyl (C=O) groups is 1. The standard InChI is InChI=1S/C17H15ClN2O2S/c1-3-20-14-9-6-12(18)10-15(14)23-17(20)19-16(21)11-4-7-13(22-2)8-5-11/h4-10H,3H2,1-2H3. The molecule has 3 aromatic rings. The maximum atomic E-state index is 12.4. The van der Waals surface area contributed by atoms with E-state index in [4.69, 9.17) is 16.3 Å². The molecule has 1 heterocycles. The summed E-state index contributed by atoms with van der Waals surface area (Å²) in [4.78, 5) is 17.3. The zero-order chi connectivity index (χ0) is 16.4. The molecule has 0 bridgehead atoms. The molecular formula is C17H15ClN2O2S. The molecular weight excluding hydrogens is 332 g/mol. The van der Waals surface area contributed by atoms with Crippen molar-refractivity contribution in [2.24, 2.45) is 4.99 Å². The molecule has 6 heteroatoms. The van der Waals surface area contributed by atoms with E-state index in [0.717, 1.165) is 16.8 Å². The second-order valence-corrected chi connectivity index (χ2v) is 6.33. The highest BCUT2D eigenvalue weighted by molar-refractivity contribution is 7.16. The summed E-state index contributed by atoms with van der Waals surface area (Å²) >= 11 is 7.50. The molecule has 2 aromatic carbocycles. The Kier molecular flexibility index (Phi) is 4.50. The van der Waals surface area contributed by atoms with E-state index in [1.54, 1.807) is 31.4 Å². The molecule has 0 aliphatic heterocycles. The highest BCUT2D eigenvalue weighted by atomic mass is 35.5. The van der Waals surface area contributed by atoms with Crippen LogP contribution in [0.5, 0.6) is 5.75 Å². The minimum Gasteiger partial charge on any atom is -0.497 e. The Hall–Kier alpha value is -2.11. The summed E-state index contributed by atoms with van der Waals surface area (Å²) in [5.41, 5.74) is 1.56. The van der Waals surface area contributed by atoms with E-state index in [0.29, 0.717) is 21.1 Å². The molecule has 0 N–H and O–H groups in total. The van der Waals surface area contributed by atoms with Crippen LogP contribution in [-0.2, 0) is 6.54 Å². The molecule has 1 amide bonds. The van der Waals surface area contributed by atoms with Gasteiger partial charge >= 0.3 is 0 Å². The molecule has 0 radical (unpaired) electrons. The molecule has 118 valence electrons. The lowest BCUT2D eigenvalue weighted by molar-refractivity contribution is 0.0998. The van der Waals surface area contributed by atoms with Crippen LogP contribution < -0.4 is 9.54 Å². The van der Waals surface area contributed by atoms with Crippen molar-refractivity contribution < 1.29 is 9.53 Å². The van der Waals surface area contributed by atoms with Gasteiger partial charge in [-0.05, 0) is 49.4 Å².